The average molecular weight is 357 g/mol. The van der Waals surface area contributed by atoms with Crippen molar-refractivity contribution in [3.05, 3.63) is 35.5 Å². The molecule has 7 nitrogen and oxygen atoms in total. The maximum absolute atomic E-state index is 5.69. The molecule has 1 aromatic heterocycles. The molecule has 8 heteroatoms. The minimum absolute atomic E-state index is 0. The fourth-order valence-electron chi connectivity index (χ4n) is 2.01. The van der Waals surface area contributed by atoms with Crippen LogP contribution in [0.25, 0.3) is 0 Å². The van der Waals surface area contributed by atoms with E-state index in [0.717, 1.165) is 25.2 Å². The van der Waals surface area contributed by atoms with Crippen molar-refractivity contribution in [3.63, 3.8) is 0 Å². The molecule has 0 spiro atoms. The molecule has 1 aromatic carbocycles. The molecule has 1 heterocycles. The van der Waals surface area contributed by atoms with E-state index in [-0.39, 0.29) is 19.0 Å². The summed E-state index contributed by atoms with van der Waals surface area (Å²) in [6.45, 7) is 4.71. The largest absolute Gasteiger partial charge is 0.493 e. The van der Waals surface area contributed by atoms with Gasteiger partial charge in [0.2, 0.25) is 0 Å². The summed E-state index contributed by atoms with van der Waals surface area (Å²) >= 11 is 0. The molecule has 2 aromatic rings. The van der Waals surface area contributed by atoms with Crippen LogP contribution in [0.4, 0.5) is 0 Å². The highest BCUT2D eigenvalue weighted by Gasteiger charge is 2.09. The van der Waals surface area contributed by atoms with E-state index in [1.807, 2.05) is 18.2 Å². The molecule has 0 aliphatic carbocycles. The van der Waals surface area contributed by atoms with Gasteiger partial charge in [-0.3, -0.25) is 0 Å². The van der Waals surface area contributed by atoms with Crippen molar-refractivity contribution in [2.45, 2.75) is 20.1 Å². The maximum atomic E-state index is 5.69. The normalized spacial score (nSPS) is 10.5. The van der Waals surface area contributed by atoms with Crippen LogP contribution in [0.1, 0.15) is 17.3 Å². The first-order valence-corrected chi connectivity index (χ1v) is 7.53. The van der Waals surface area contributed by atoms with Gasteiger partial charge in [-0.15, -0.1) is 12.4 Å². The molecule has 0 amide bonds. The van der Waals surface area contributed by atoms with Gasteiger partial charge in [0.15, 0.2) is 23.9 Å². The number of hydrogen-bond acceptors (Lipinski definition) is 7. The minimum Gasteiger partial charge on any atom is -0.493 e. The lowest BCUT2D eigenvalue weighted by Crippen LogP contribution is -2.26. The first-order chi connectivity index (χ1) is 11.1. The summed E-state index contributed by atoms with van der Waals surface area (Å²) in [6.07, 6.45) is 0. The van der Waals surface area contributed by atoms with E-state index in [0.29, 0.717) is 23.2 Å². The summed E-state index contributed by atoms with van der Waals surface area (Å²) in [5.41, 5.74) is 1.14. The SMILES string of the molecule is COc1cc(CNCCN(C)C)ccc1OCc1nc(C)no1.Cl. The monoisotopic (exact) mass is 356 g/mol. The molecule has 1 N–H and O–H groups in total. The number of halogens is 1. The van der Waals surface area contributed by atoms with Crippen molar-refractivity contribution < 1.29 is 14.0 Å². The van der Waals surface area contributed by atoms with Crippen molar-refractivity contribution in [1.82, 2.24) is 20.4 Å². The standard InChI is InChI=1S/C16H24N4O3.ClH/c1-12-18-16(23-19-12)11-22-14-6-5-13(9-15(14)21-4)10-17-7-8-20(2)3;/h5-6,9,17H,7-8,10-11H2,1-4H3;1H. The van der Waals surface area contributed by atoms with Crippen LogP contribution in [0.3, 0.4) is 0 Å². The quantitative estimate of drug-likeness (QED) is 0.689. The molecule has 0 aliphatic rings. The second-order valence-electron chi connectivity index (χ2n) is 5.49. The molecule has 0 fully saturated rings. The van der Waals surface area contributed by atoms with Gasteiger partial charge in [0.25, 0.3) is 5.89 Å². The van der Waals surface area contributed by atoms with Crippen LogP contribution >= 0.6 is 12.4 Å². The Morgan fingerprint density at radius 2 is 2.04 bits per heavy atom. The number of rotatable bonds is 9. The third kappa shape index (κ3) is 6.35. The van der Waals surface area contributed by atoms with E-state index in [9.17, 15) is 0 Å². The van der Waals surface area contributed by atoms with Gasteiger partial charge in [-0.1, -0.05) is 11.2 Å². The molecule has 0 saturated heterocycles. The summed E-state index contributed by atoms with van der Waals surface area (Å²) in [4.78, 5) is 6.25. The molecule has 0 atom stereocenters. The molecule has 0 bridgehead atoms. The number of aromatic nitrogens is 2. The van der Waals surface area contributed by atoms with Crippen LogP contribution in [-0.2, 0) is 13.2 Å². The summed E-state index contributed by atoms with van der Waals surface area (Å²) in [5, 5.41) is 7.12. The number of hydrogen-bond donors (Lipinski definition) is 1. The zero-order chi connectivity index (χ0) is 16.7. The van der Waals surface area contributed by atoms with Crippen molar-refractivity contribution >= 4 is 12.4 Å². The lowest BCUT2D eigenvalue weighted by molar-refractivity contribution is 0.233. The summed E-state index contributed by atoms with van der Waals surface area (Å²) < 4.78 is 16.1. The molecule has 0 radical (unpaired) electrons. The Kier molecular flexibility index (Phi) is 8.53. The van der Waals surface area contributed by atoms with Crippen molar-refractivity contribution in [1.29, 1.82) is 0 Å². The van der Waals surface area contributed by atoms with Crippen molar-refractivity contribution in [2.24, 2.45) is 0 Å². The topological polar surface area (TPSA) is 72.7 Å². The maximum Gasteiger partial charge on any atom is 0.264 e. The molecule has 2 rings (SSSR count). The third-order valence-corrected chi connectivity index (χ3v) is 3.21. The molecule has 134 valence electrons. The summed E-state index contributed by atoms with van der Waals surface area (Å²) in [7, 11) is 5.74. The van der Waals surface area contributed by atoms with Gasteiger partial charge in [0.05, 0.1) is 7.11 Å². The number of nitrogens with one attached hydrogen (secondary N) is 1. The fraction of sp³-hybridized carbons (Fsp3) is 0.500. The van der Waals surface area contributed by atoms with Gasteiger partial charge >= 0.3 is 0 Å². The second-order valence-corrected chi connectivity index (χ2v) is 5.49. The van der Waals surface area contributed by atoms with Crippen LogP contribution < -0.4 is 14.8 Å². The van der Waals surface area contributed by atoms with Crippen molar-refractivity contribution in [2.75, 3.05) is 34.3 Å². The number of methoxy groups -OCH3 is 1. The first kappa shape index (κ1) is 20.2. The van der Waals surface area contributed by atoms with E-state index in [2.05, 4.69) is 34.5 Å². The Balaban J connectivity index is 0.00000288. The van der Waals surface area contributed by atoms with Gasteiger partial charge in [-0.2, -0.15) is 4.98 Å². The highest BCUT2D eigenvalue weighted by Crippen LogP contribution is 2.28. The molecular weight excluding hydrogens is 332 g/mol. The average Bonchev–Trinajstić information content (AvgIpc) is 2.95. The van der Waals surface area contributed by atoms with Crippen molar-refractivity contribution in [3.8, 4) is 11.5 Å². The highest BCUT2D eigenvalue weighted by molar-refractivity contribution is 5.85. The lowest BCUT2D eigenvalue weighted by Gasteiger charge is -2.13. The molecule has 0 aliphatic heterocycles. The van der Waals surface area contributed by atoms with Crippen LogP contribution in [0.5, 0.6) is 11.5 Å². The fourth-order valence-corrected chi connectivity index (χ4v) is 2.01. The van der Waals surface area contributed by atoms with E-state index in [1.165, 1.54) is 0 Å². The molecule has 24 heavy (non-hydrogen) atoms. The van der Waals surface area contributed by atoms with Crippen LogP contribution in [-0.4, -0.2) is 49.3 Å². The zero-order valence-electron chi connectivity index (χ0n) is 14.5. The van der Waals surface area contributed by atoms with Gasteiger partial charge in [0, 0.05) is 19.6 Å². The summed E-state index contributed by atoms with van der Waals surface area (Å²) in [5.74, 6) is 2.38. The highest BCUT2D eigenvalue weighted by atomic mass is 35.5. The minimum atomic E-state index is 0. The van der Waals surface area contributed by atoms with Crippen LogP contribution in [0.15, 0.2) is 22.7 Å². The van der Waals surface area contributed by atoms with Gasteiger partial charge < -0.3 is 24.2 Å². The number of likely N-dealkylation sites (N-methyl/N-ethyl adjacent to an activating group) is 1. The smallest absolute Gasteiger partial charge is 0.264 e. The predicted molar refractivity (Wildman–Crippen MR) is 93.9 cm³/mol. The Hall–Kier alpha value is -1.83. The predicted octanol–water partition coefficient (Wildman–Crippen LogP) is 2.04. The van der Waals surface area contributed by atoms with Gasteiger partial charge in [-0.25, -0.2) is 0 Å². The third-order valence-electron chi connectivity index (χ3n) is 3.21. The number of benzene rings is 1. The van der Waals surface area contributed by atoms with E-state index >= 15 is 0 Å². The molecular formula is C16H25ClN4O3. The Bertz CT molecular complexity index is 619. The number of nitrogens with zero attached hydrogens (tertiary/aromatic N) is 3. The molecule has 0 unspecified atom stereocenters. The van der Waals surface area contributed by atoms with E-state index in [4.69, 9.17) is 14.0 Å². The van der Waals surface area contributed by atoms with Crippen LogP contribution in [0.2, 0.25) is 0 Å². The number of aryl methyl sites for hydroxylation is 1. The summed E-state index contributed by atoms with van der Waals surface area (Å²) in [6, 6.07) is 5.88. The first-order valence-electron chi connectivity index (χ1n) is 7.53. The van der Waals surface area contributed by atoms with Crippen LogP contribution in [0, 0.1) is 6.92 Å². The number of ether oxygens (including phenoxy) is 2. The molecule has 0 saturated carbocycles. The van der Waals surface area contributed by atoms with Gasteiger partial charge in [0.1, 0.15) is 0 Å². The zero-order valence-corrected chi connectivity index (χ0v) is 15.4. The van der Waals surface area contributed by atoms with Gasteiger partial charge in [-0.05, 0) is 38.7 Å². The Labute approximate surface area is 148 Å². The lowest BCUT2D eigenvalue weighted by atomic mass is 10.2. The Morgan fingerprint density at radius 3 is 2.67 bits per heavy atom. The Morgan fingerprint density at radius 1 is 1.25 bits per heavy atom. The second kappa shape index (κ2) is 10.1. The van der Waals surface area contributed by atoms with E-state index in [1.54, 1.807) is 14.0 Å². The van der Waals surface area contributed by atoms with E-state index < -0.39 is 0 Å².